The van der Waals surface area contributed by atoms with Crippen molar-refractivity contribution in [2.24, 2.45) is 16.7 Å². The van der Waals surface area contributed by atoms with Crippen molar-refractivity contribution in [2.75, 3.05) is 12.3 Å². The lowest BCUT2D eigenvalue weighted by Crippen LogP contribution is -2.29. The van der Waals surface area contributed by atoms with Crippen LogP contribution in [0.3, 0.4) is 0 Å². The van der Waals surface area contributed by atoms with E-state index in [1.807, 2.05) is 13.8 Å². The highest BCUT2D eigenvalue weighted by molar-refractivity contribution is 5.96. The zero-order chi connectivity index (χ0) is 16.0. The zero-order valence-corrected chi connectivity index (χ0v) is 13.8. The SMILES string of the molecule is CC(C)c1ncc(N)c(C(=O)NCC2C(C)(C)C2(C)C)n1. The van der Waals surface area contributed by atoms with E-state index < -0.39 is 0 Å². The lowest BCUT2D eigenvalue weighted by Gasteiger charge is -2.10. The average Bonchev–Trinajstić information content (AvgIpc) is 2.77. The lowest BCUT2D eigenvalue weighted by atomic mass is 10.0. The van der Waals surface area contributed by atoms with E-state index in [0.29, 0.717) is 24.0 Å². The fraction of sp³-hybridized carbons (Fsp3) is 0.688. The molecule has 116 valence electrons. The molecule has 0 aliphatic heterocycles. The Bertz CT molecular complexity index is 549. The predicted octanol–water partition coefficient (Wildman–Crippen LogP) is 2.59. The Morgan fingerprint density at radius 3 is 2.38 bits per heavy atom. The standard InChI is InChI=1S/C16H26N4O/c1-9(2)13-18-7-10(17)12(20-13)14(21)19-8-11-15(3,4)16(11,5)6/h7,9,11H,8,17H2,1-6H3,(H,19,21). The fourth-order valence-electron chi connectivity index (χ4n) is 2.99. The van der Waals surface area contributed by atoms with Gasteiger partial charge in [0.1, 0.15) is 5.82 Å². The molecule has 5 heteroatoms. The van der Waals surface area contributed by atoms with Gasteiger partial charge >= 0.3 is 0 Å². The predicted molar refractivity (Wildman–Crippen MR) is 83.9 cm³/mol. The number of carbonyl (C=O) groups excluding carboxylic acids is 1. The van der Waals surface area contributed by atoms with E-state index in [4.69, 9.17) is 5.73 Å². The largest absolute Gasteiger partial charge is 0.396 e. The summed E-state index contributed by atoms with van der Waals surface area (Å²) in [4.78, 5) is 20.8. The Morgan fingerprint density at radius 1 is 1.33 bits per heavy atom. The van der Waals surface area contributed by atoms with Crippen LogP contribution in [0.2, 0.25) is 0 Å². The van der Waals surface area contributed by atoms with E-state index in [9.17, 15) is 4.79 Å². The molecule has 21 heavy (non-hydrogen) atoms. The van der Waals surface area contributed by atoms with Gasteiger partial charge < -0.3 is 11.1 Å². The van der Waals surface area contributed by atoms with Crippen LogP contribution < -0.4 is 11.1 Å². The molecule has 0 atom stereocenters. The molecule has 0 spiro atoms. The average molecular weight is 290 g/mol. The van der Waals surface area contributed by atoms with Crippen molar-refractivity contribution >= 4 is 11.6 Å². The number of aromatic nitrogens is 2. The van der Waals surface area contributed by atoms with Crippen molar-refractivity contribution in [3.63, 3.8) is 0 Å². The molecule has 1 fully saturated rings. The number of rotatable bonds is 4. The molecule has 1 aliphatic rings. The number of carbonyl (C=O) groups is 1. The van der Waals surface area contributed by atoms with Crippen molar-refractivity contribution in [3.8, 4) is 0 Å². The molecule has 1 heterocycles. The molecule has 2 rings (SSSR count). The highest BCUT2D eigenvalue weighted by atomic mass is 16.1. The highest BCUT2D eigenvalue weighted by Crippen LogP contribution is 2.67. The van der Waals surface area contributed by atoms with E-state index in [0.717, 1.165) is 0 Å². The minimum atomic E-state index is -0.213. The number of hydrogen-bond acceptors (Lipinski definition) is 4. The van der Waals surface area contributed by atoms with Gasteiger partial charge in [-0.05, 0) is 16.7 Å². The zero-order valence-electron chi connectivity index (χ0n) is 13.8. The summed E-state index contributed by atoms with van der Waals surface area (Å²) in [6, 6.07) is 0. The minimum Gasteiger partial charge on any atom is -0.396 e. The number of nitrogens with two attached hydrogens (primary N) is 1. The van der Waals surface area contributed by atoms with Gasteiger partial charge in [-0.3, -0.25) is 4.79 Å². The summed E-state index contributed by atoms with van der Waals surface area (Å²) < 4.78 is 0. The maximum atomic E-state index is 12.3. The van der Waals surface area contributed by atoms with Crippen LogP contribution in [0.1, 0.15) is 63.8 Å². The third kappa shape index (κ3) is 2.61. The first-order chi connectivity index (χ1) is 9.59. The molecule has 1 aliphatic carbocycles. The maximum Gasteiger partial charge on any atom is 0.272 e. The Morgan fingerprint density at radius 2 is 1.90 bits per heavy atom. The number of nitrogens with zero attached hydrogens (tertiary/aromatic N) is 2. The fourth-order valence-corrected chi connectivity index (χ4v) is 2.99. The third-order valence-corrected chi connectivity index (χ3v) is 5.35. The molecule has 5 nitrogen and oxygen atoms in total. The first-order valence-corrected chi connectivity index (χ1v) is 7.49. The summed E-state index contributed by atoms with van der Waals surface area (Å²) in [6.07, 6.45) is 1.52. The molecule has 0 aromatic carbocycles. The molecule has 0 saturated heterocycles. The second-order valence-electron chi connectivity index (χ2n) is 7.39. The topological polar surface area (TPSA) is 80.9 Å². The third-order valence-electron chi connectivity index (χ3n) is 5.35. The van der Waals surface area contributed by atoms with Gasteiger partial charge in [-0.1, -0.05) is 41.5 Å². The normalized spacial score (nSPS) is 19.6. The Labute approximate surface area is 126 Å². The molecule has 0 bridgehead atoms. The summed E-state index contributed by atoms with van der Waals surface area (Å²) in [7, 11) is 0. The van der Waals surface area contributed by atoms with Crippen molar-refractivity contribution in [1.82, 2.24) is 15.3 Å². The van der Waals surface area contributed by atoms with Crippen LogP contribution in [0.15, 0.2) is 6.20 Å². The molecule has 3 N–H and O–H groups in total. The van der Waals surface area contributed by atoms with Gasteiger partial charge in [-0.15, -0.1) is 0 Å². The molecular weight excluding hydrogens is 264 g/mol. The molecule has 0 radical (unpaired) electrons. The van der Waals surface area contributed by atoms with Gasteiger partial charge in [0, 0.05) is 12.5 Å². The van der Waals surface area contributed by atoms with Crippen LogP contribution >= 0.6 is 0 Å². The number of amides is 1. The summed E-state index contributed by atoms with van der Waals surface area (Å²) in [6.45, 7) is 13.6. The maximum absolute atomic E-state index is 12.3. The van der Waals surface area contributed by atoms with Crippen LogP contribution in [0, 0.1) is 16.7 Å². The van der Waals surface area contributed by atoms with E-state index in [1.165, 1.54) is 6.20 Å². The monoisotopic (exact) mass is 290 g/mol. The van der Waals surface area contributed by atoms with Crippen LogP contribution in [-0.2, 0) is 0 Å². The first-order valence-electron chi connectivity index (χ1n) is 7.49. The Balaban J connectivity index is 2.07. The molecule has 1 amide bonds. The van der Waals surface area contributed by atoms with E-state index in [-0.39, 0.29) is 28.3 Å². The summed E-state index contributed by atoms with van der Waals surface area (Å²) in [5.74, 6) is 1.07. The second kappa shape index (κ2) is 4.97. The van der Waals surface area contributed by atoms with Crippen molar-refractivity contribution in [1.29, 1.82) is 0 Å². The van der Waals surface area contributed by atoms with Crippen LogP contribution in [-0.4, -0.2) is 22.4 Å². The Hall–Kier alpha value is -1.65. The Kier molecular flexibility index (Phi) is 3.72. The summed E-state index contributed by atoms with van der Waals surface area (Å²) >= 11 is 0. The van der Waals surface area contributed by atoms with Gasteiger partial charge in [0.05, 0.1) is 11.9 Å². The van der Waals surface area contributed by atoms with Crippen molar-refractivity contribution < 1.29 is 4.79 Å². The van der Waals surface area contributed by atoms with Crippen LogP contribution in [0.4, 0.5) is 5.69 Å². The number of nitrogens with one attached hydrogen (secondary N) is 1. The molecule has 0 unspecified atom stereocenters. The van der Waals surface area contributed by atoms with Crippen molar-refractivity contribution in [3.05, 3.63) is 17.7 Å². The lowest BCUT2D eigenvalue weighted by molar-refractivity contribution is 0.0945. The van der Waals surface area contributed by atoms with E-state index in [1.54, 1.807) is 0 Å². The van der Waals surface area contributed by atoms with E-state index in [2.05, 4.69) is 43.0 Å². The van der Waals surface area contributed by atoms with Gasteiger partial charge in [-0.2, -0.15) is 0 Å². The van der Waals surface area contributed by atoms with Gasteiger partial charge in [-0.25, -0.2) is 9.97 Å². The molecule has 1 saturated carbocycles. The van der Waals surface area contributed by atoms with Crippen LogP contribution in [0.25, 0.3) is 0 Å². The molecule has 1 aromatic rings. The second-order valence-corrected chi connectivity index (χ2v) is 7.39. The summed E-state index contributed by atoms with van der Waals surface area (Å²) in [5.41, 5.74) is 6.94. The highest BCUT2D eigenvalue weighted by Gasteiger charge is 2.64. The number of nitrogen functional groups attached to an aromatic ring is 1. The molecular formula is C16H26N4O. The van der Waals surface area contributed by atoms with Crippen molar-refractivity contribution in [2.45, 2.75) is 47.5 Å². The molecule has 1 aromatic heterocycles. The van der Waals surface area contributed by atoms with Gasteiger partial charge in [0.15, 0.2) is 5.69 Å². The van der Waals surface area contributed by atoms with E-state index >= 15 is 0 Å². The van der Waals surface area contributed by atoms with Crippen LogP contribution in [0.5, 0.6) is 0 Å². The van der Waals surface area contributed by atoms with Gasteiger partial charge in [0.2, 0.25) is 0 Å². The number of anilines is 1. The summed E-state index contributed by atoms with van der Waals surface area (Å²) in [5, 5.41) is 2.97. The minimum absolute atomic E-state index is 0.165. The first kappa shape index (κ1) is 15.7. The smallest absolute Gasteiger partial charge is 0.272 e. The quantitative estimate of drug-likeness (QED) is 0.893. The van der Waals surface area contributed by atoms with Gasteiger partial charge in [0.25, 0.3) is 5.91 Å². The number of hydrogen-bond donors (Lipinski definition) is 2.